The smallest absolute Gasteiger partial charge is 0.291 e. The normalized spacial score (nSPS) is 14.4. The van der Waals surface area contributed by atoms with Crippen molar-refractivity contribution >= 4 is 41.2 Å². The van der Waals surface area contributed by atoms with Crippen LogP contribution < -0.4 is 5.32 Å². The van der Waals surface area contributed by atoms with Crippen molar-refractivity contribution in [1.29, 1.82) is 5.26 Å². The number of aromatic nitrogens is 2. The molecule has 0 atom stereocenters. The fourth-order valence-electron chi connectivity index (χ4n) is 4.14. The zero-order valence-corrected chi connectivity index (χ0v) is 23.8. The van der Waals surface area contributed by atoms with E-state index >= 15 is 0 Å². The van der Waals surface area contributed by atoms with Crippen LogP contribution in [0.1, 0.15) is 67.1 Å². The van der Waals surface area contributed by atoms with Gasteiger partial charge in [0.15, 0.2) is 5.69 Å². The molecule has 1 amide bonds. The molecule has 1 aliphatic carbocycles. The van der Waals surface area contributed by atoms with E-state index in [0.717, 1.165) is 35.3 Å². The SMILES string of the molecule is CC(C)(O)c1c(C#N)nc(C(=O)Nc2ccc(Br)cc2C2=CCCCC2)n1COCC[Si](C)(C)C. The van der Waals surface area contributed by atoms with Crippen LogP contribution in [0, 0.1) is 11.3 Å². The second kappa shape index (κ2) is 11.2. The van der Waals surface area contributed by atoms with Crippen molar-refractivity contribution in [2.75, 3.05) is 11.9 Å². The van der Waals surface area contributed by atoms with E-state index in [0.29, 0.717) is 12.3 Å². The lowest BCUT2D eigenvalue weighted by Crippen LogP contribution is -2.27. The molecule has 188 valence electrons. The highest BCUT2D eigenvalue weighted by Gasteiger charge is 2.31. The molecule has 9 heteroatoms. The number of nitrogens with zero attached hydrogens (tertiary/aromatic N) is 3. The Morgan fingerprint density at radius 2 is 2.09 bits per heavy atom. The fourth-order valence-corrected chi connectivity index (χ4v) is 5.25. The maximum atomic E-state index is 13.5. The Morgan fingerprint density at radius 1 is 1.34 bits per heavy atom. The first-order chi connectivity index (χ1) is 16.4. The molecule has 0 saturated carbocycles. The maximum absolute atomic E-state index is 13.5. The van der Waals surface area contributed by atoms with Gasteiger partial charge in [-0.25, -0.2) is 4.98 Å². The van der Waals surface area contributed by atoms with Gasteiger partial charge in [0.2, 0.25) is 5.82 Å². The summed E-state index contributed by atoms with van der Waals surface area (Å²) < 4.78 is 8.37. The number of amides is 1. The third-order valence-electron chi connectivity index (χ3n) is 5.94. The summed E-state index contributed by atoms with van der Waals surface area (Å²) in [5.41, 5.74) is 1.77. The van der Waals surface area contributed by atoms with Crippen molar-refractivity contribution in [2.45, 2.75) is 77.5 Å². The fraction of sp³-hybridized carbons (Fsp3) is 0.500. The average Bonchev–Trinajstić information content (AvgIpc) is 3.17. The predicted molar refractivity (Wildman–Crippen MR) is 145 cm³/mol. The predicted octanol–water partition coefficient (Wildman–Crippen LogP) is 6.27. The van der Waals surface area contributed by atoms with Crippen molar-refractivity contribution in [2.24, 2.45) is 0 Å². The van der Waals surface area contributed by atoms with Gasteiger partial charge < -0.3 is 15.2 Å². The third kappa shape index (κ3) is 7.14. The molecule has 2 aromatic rings. The second-order valence-corrected chi connectivity index (χ2v) is 17.2. The van der Waals surface area contributed by atoms with Crippen molar-refractivity contribution in [1.82, 2.24) is 9.55 Å². The quantitative estimate of drug-likeness (QED) is 0.279. The summed E-state index contributed by atoms with van der Waals surface area (Å²) in [7, 11) is -1.30. The van der Waals surface area contributed by atoms with Gasteiger partial charge in [0, 0.05) is 30.4 Å². The van der Waals surface area contributed by atoms with E-state index in [4.69, 9.17) is 4.74 Å². The molecule has 0 fully saturated rings. The number of rotatable bonds is 9. The van der Waals surface area contributed by atoms with Gasteiger partial charge >= 0.3 is 0 Å². The van der Waals surface area contributed by atoms with Gasteiger partial charge in [-0.2, -0.15) is 5.26 Å². The van der Waals surface area contributed by atoms with E-state index in [1.165, 1.54) is 16.6 Å². The number of hydrogen-bond donors (Lipinski definition) is 2. The Balaban J connectivity index is 1.95. The van der Waals surface area contributed by atoms with Crippen molar-refractivity contribution in [3.8, 4) is 6.07 Å². The van der Waals surface area contributed by atoms with Gasteiger partial charge in [0.1, 0.15) is 18.4 Å². The molecular formula is C26H35BrN4O3Si. The number of imidazole rings is 1. The number of anilines is 1. The number of nitriles is 1. The van der Waals surface area contributed by atoms with Crippen LogP contribution >= 0.6 is 15.9 Å². The van der Waals surface area contributed by atoms with Gasteiger partial charge in [-0.05, 0) is 69.3 Å². The zero-order valence-electron chi connectivity index (χ0n) is 21.2. The Kier molecular flexibility index (Phi) is 8.75. The van der Waals surface area contributed by atoms with E-state index in [9.17, 15) is 15.2 Å². The van der Waals surface area contributed by atoms with Crippen molar-refractivity contribution in [3.05, 3.63) is 51.5 Å². The standard InChI is InChI=1S/C26H35BrN4O3Si/c1-26(2,33)23-22(16-28)29-24(31(23)17-34-13-14-35(3,4)5)25(32)30-21-12-11-19(27)15-20(21)18-9-7-6-8-10-18/h9,11-12,15,33H,6-8,10,13-14,17H2,1-5H3,(H,30,32). The topological polar surface area (TPSA) is 100 Å². The summed E-state index contributed by atoms with van der Waals surface area (Å²) in [4.78, 5) is 17.8. The van der Waals surface area contributed by atoms with E-state index in [2.05, 4.69) is 51.9 Å². The summed E-state index contributed by atoms with van der Waals surface area (Å²) >= 11 is 3.54. The van der Waals surface area contributed by atoms with E-state index in [1.807, 2.05) is 24.3 Å². The largest absolute Gasteiger partial charge is 0.384 e. The summed E-state index contributed by atoms with van der Waals surface area (Å²) in [5, 5.41) is 23.5. The number of allylic oxidation sites excluding steroid dienone is 2. The van der Waals surface area contributed by atoms with Crippen LogP contribution in [-0.4, -0.2) is 35.2 Å². The van der Waals surface area contributed by atoms with Crippen molar-refractivity contribution in [3.63, 3.8) is 0 Å². The van der Waals surface area contributed by atoms with Crippen LogP contribution in [0.5, 0.6) is 0 Å². The third-order valence-corrected chi connectivity index (χ3v) is 8.14. The molecule has 3 rings (SSSR count). The molecule has 1 heterocycles. The lowest BCUT2D eigenvalue weighted by molar-refractivity contribution is 0.0436. The molecule has 0 saturated heterocycles. The van der Waals surface area contributed by atoms with Crippen LogP contribution in [0.25, 0.3) is 5.57 Å². The Labute approximate surface area is 217 Å². The van der Waals surface area contributed by atoms with Crippen LogP contribution in [0.3, 0.4) is 0 Å². The van der Waals surface area contributed by atoms with Crippen LogP contribution in [0.2, 0.25) is 25.7 Å². The molecule has 1 aromatic heterocycles. The number of hydrogen-bond acceptors (Lipinski definition) is 5. The number of benzene rings is 1. The molecular weight excluding hydrogens is 524 g/mol. The highest BCUT2D eigenvalue weighted by Crippen LogP contribution is 2.34. The first-order valence-corrected chi connectivity index (χ1v) is 16.5. The molecule has 0 bridgehead atoms. The maximum Gasteiger partial charge on any atom is 0.291 e. The molecule has 1 aromatic carbocycles. The van der Waals surface area contributed by atoms with Crippen molar-refractivity contribution < 1.29 is 14.6 Å². The molecule has 2 N–H and O–H groups in total. The number of carbonyl (C=O) groups is 1. The molecule has 0 aliphatic heterocycles. The molecule has 1 aliphatic rings. The molecule has 0 spiro atoms. The number of halogens is 1. The molecule has 7 nitrogen and oxygen atoms in total. The van der Waals surface area contributed by atoms with Gasteiger partial charge in [0.05, 0.1) is 5.69 Å². The minimum atomic E-state index is -1.38. The lowest BCUT2D eigenvalue weighted by atomic mass is 9.92. The first kappa shape index (κ1) is 27.3. The highest BCUT2D eigenvalue weighted by molar-refractivity contribution is 9.10. The number of aliphatic hydroxyl groups is 1. The minimum Gasteiger partial charge on any atom is -0.384 e. The lowest BCUT2D eigenvalue weighted by Gasteiger charge is -2.22. The Hall–Kier alpha value is -2.25. The first-order valence-electron chi connectivity index (χ1n) is 12.0. The Bertz CT molecular complexity index is 1150. The molecule has 35 heavy (non-hydrogen) atoms. The summed E-state index contributed by atoms with van der Waals surface area (Å²) in [5.74, 6) is -0.413. The van der Waals surface area contributed by atoms with E-state index in [-0.39, 0.29) is 23.9 Å². The van der Waals surface area contributed by atoms with Gasteiger partial charge in [-0.1, -0.05) is 41.6 Å². The number of nitrogens with one attached hydrogen (secondary N) is 1. The molecule has 0 unspecified atom stereocenters. The van der Waals surface area contributed by atoms with Gasteiger partial charge in [0.25, 0.3) is 5.91 Å². The minimum absolute atomic E-state index is 0.0162. The van der Waals surface area contributed by atoms with E-state index in [1.54, 1.807) is 13.8 Å². The van der Waals surface area contributed by atoms with Crippen LogP contribution in [0.15, 0.2) is 28.7 Å². The van der Waals surface area contributed by atoms with Gasteiger partial charge in [-0.15, -0.1) is 0 Å². The Morgan fingerprint density at radius 3 is 2.69 bits per heavy atom. The second-order valence-electron chi connectivity index (χ2n) is 10.7. The summed E-state index contributed by atoms with van der Waals surface area (Å²) in [6.45, 7) is 10.5. The molecule has 0 radical (unpaired) electrons. The highest BCUT2D eigenvalue weighted by atomic mass is 79.9. The van der Waals surface area contributed by atoms with Gasteiger partial charge in [-0.3, -0.25) is 9.36 Å². The summed E-state index contributed by atoms with van der Waals surface area (Å²) in [6.07, 6.45) is 6.50. The van der Waals surface area contributed by atoms with Crippen LogP contribution in [0.4, 0.5) is 5.69 Å². The monoisotopic (exact) mass is 558 g/mol. The van der Waals surface area contributed by atoms with E-state index < -0.39 is 19.6 Å². The zero-order chi connectivity index (χ0) is 25.8. The summed E-state index contributed by atoms with van der Waals surface area (Å²) in [6, 6.07) is 8.76. The number of ether oxygens (including phenoxy) is 1. The number of carbonyl (C=O) groups excluding carboxylic acids is 1. The average molecular weight is 560 g/mol. The van der Waals surface area contributed by atoms with Crippen LogP contribution in [-0.2, 0) is 17.1 Å².